The number of aromatic nitrogens is 2. The lowest BCUT2D eigenvalue weighted by molar-refractivity contribution is 0.611. The van der Waals surface area contributed by atoms with Crippen molar-refractivity contribution in [2.24, 2.45) is 5.73 Å². The van der Waals surface area contributed by atoms with Crippen LogP contribution in [0.25, 0.3) is 16.9 Å². The molecule has 0 spiro atoms. The molecule has 3 aromatic rings. The van der Waals surface area contributed by atoms with E-state index in [4.69, 9.17) is 5.73 Å². The van der Waals surface area contributed by atoms with Gasteiger partial charge in [0.15, 0.2) is 0 Å². The van der Waals surface area contributed by atoms with E-state index in [1.165, 1.54) is 6.07 Å². The van der Waals surface area contributed by atoms with E-state index in [1.54, 1.807) is 29.1 Å². The Balaban J connectivity index is 2.24. The summed E-state index contributed by atoms with van der Waals surface area (Å²) in [7, 11) is 0. The van der Waals surface area contributed by atoms with Crippen LogP contribution in [0, 0.1) is 5.82 Å². The van der Waals surface area contributed by atoms with Crippen molar-refractivity contribution in [1.29, 1.82) is 0 Å². The molecule has 1 heterocycles. The van der Waals surface area contributed by atoms with Gasteiger partial charge in [0.2, 0.25) is 0 Å². The molecule has 0 atom stereocenters. The summed E-state index contributed by atoms with van der Waals surface area (Å²) in [5, 5.41) is 4.29. The summed E-state index contributed by atoms with van der Waals surface area (Å²) in [5.74, 6) is -0.309. The Bertz CT molecular complexity index is 720. The molecular weight excluding hydrogens is 253 g/mol. The van der Waals surface area contributed by atoms with Gasteiger partial charge in [-0.3, -0.25) is 0 Å². The molecule has 0 saturated heterocycles. The van der Waals surface area contributed by atoms with E-state index in [9.17, 15) is 4.39 Å². The second-order valence-electron chi connectivity index (χ2n) is 4.45. The van der Waals surface area contributed by atoms with Gasteiger partial charge >= 0.3 is 0 Å². The molecular formula is C16H14FN3. The van der Waals surface area contributed by atoms with Crippen LogP contribution in [0.3, 0.4) is 0 Å². The van der Waals surface area contributed by atoms with Crippen LogP contribution in [-0.4, -0.2) is 9.78 Å². The predicted octanol–water partition coefficient (Wildman–Crippen LogP) is 3.14. The zero-order chi connectivity index (χ0) is 13.9. The average Bonchev–Trinajstić information content (AvgIpc) is 2.92. The maximum Gasteiger partial charge on any atom is 0.148 e. The van der Waals surface area contributed by atoms with Crippen molar-refractivity contribution in [2.45, 2.75) is 6.54 Å². The number of halogens is 1. The van der Waals surface area contributed by atoms with E-state index in [1.807, 2.05) is 30.3 Å². The number of para-hydroxylation sites is 1. The van der Waals surface area contributed by atoms with Crippen LogP contribution < -0.4 is 5.73 Å². The van der Waals surface area contributed by atoms with Gasteiger partial charge in [0.05, 0.1) is 11.9 Å². The van der Waals surface area contributed by atoms with Crippen molar-refractivity contribution in [3.05, 3.63) is 72.2 Å². The molecule has 2 aromatic carbocycles. The number of benzene rings is 2. The number of hydrogen-bond donors (Lipinski definition) is 1. The third kappa shape index (κ3) is 2.10. The fourth-order valence-electron chi connectivity index (χ4n) is 2.24. The van der Waals surface area contributed by atoms with E-state index in [0.717, 1.165) is 16.8 Å². The number of rotatable bonds is 3. The highest BCUT2D eigenvalue weighted by Crippen LogP contribution is 2.27. The fourth-order valence-corrected chi connectivity index (χ4v) is 2.24. The van der Waals surface area contributed by atoms with E-state index in [-0.39, 0.29) is 5.82 Å². The molecule has 4 heteroatoms. The number of nitrogens with zero attached hydrogens (tertiary/aromatic N) is 2. The molecule has 100 valence electrons. The molecule has 20 heavy (non-hydrogen) atoms. The van der Waals surface area contributed by atoms with Crippen LogP contribution in [0.15, 0.2) is 60.8 Å². The zero-order valence-corrected chi connectivity index (χ0v) is 10.8. The van der Waals surface area contributed by atoms with Crippen LogP contribution in [0.2, 0.25) is 0 Å². The zero-order valence-electron chi connectivity index (χ0n) is 10.8. The molecule has 0 fully saturated rings. The minimum atomic E-state index is -0.309. The average molecular weight is 267 g/mol. The van der Waals surface area contributed by atoms with Gasteiger partial charge in [-0.25, -0.2) is 9.07 Å². The van der Waals surface area contributed by atoms with Crippen molar-refractivity contribution >= 4 is 0 Å². The van der Waals surface area contributed by atoms with Crippen molar-refractivity contribution < 1.29 is 4.39 Å². The summed E-state index contributed by atoms with van der Waals surface area (Å²) in [6, 6.07) is 16.3. The first-order valence-electron chi connectivity index (χ1n) is 6.38. The first-order valence-corrected chi connectivity index (χ1v) is 6.38. The molecule has 0 aliphatic heterocycles. The first-order chi connectivity index (χ1) is 9.81. The third-order valence-electron chi connectivity index (χ3n) is 3.19. The third-order valence-corrected chi connectivity index (χ3v) is 3.19. The van der Waals surface area contributed by atoms with E-state index in [2.05, 4.69) is 5.10 Å². The van der Waals surface area contributed by atoms with Crippen LogP contribution >= 0.6 is 0 Å². The highest BCUT2D eigenvalue weighted by molar-refractivity contribution is 5.65. The Morgan fingerprint density at radius 3 is 2.40 bits per heavy atom. The largest absolute Gasteiger partial charge is 0.326 e. The van der Waals surface area contributed by atoms with Crippen LogP contribution in [-0.2, 0) is 6.54 Å². The highest BCUT2D eigenvalue weighted by atomic mass is 19.1. The van der Waals surface area contributed by atoms with Gasteiger partial charge in [-0.05, 0) is 12.1 Å². The van der Waals surface area contributed by atoms with Gasteiger partial charge < -0.3 is 5.73 Å². The fraction of sp³-hybridized carbons (Fsp3) is 0.0625. The van der Waals surface area contributed by atoms with Gasteiger partial charge in [-0.15, -0.1) is 0 Å². The lowest BCUT2D eigenvalue weighted by Gasteiger charge is -2.10. The van der Waals surface area contributed by atoms with E-state index in [0.29, 0.717) is 12.2 Å². The monoisotopic (exact) mass is 267 g/mol. The molecule has 3 nitrogen and oxygen atoms in total. The number of hydrogen-bond acceptors (Lipinski definition) is 2. The smallest absolute Gasteiger partial charge is 0.148 e. The molecule has 0 bridgehead atoms. The Morgan fingerprint density at radius 1 is 1.00 bits per heavy atom. The molecule has 0 radical (unpaired) electrons. The first kappa shape index (κ1) is 12.6. The van der Waals surface area contributed by atoms with Gasteiger partial charge in [-0.1, -0.05) is 42.5 Å². The summed E-state index contributed by atoms with van der Waals surface area (Å²) >= 11 is 0. The van der Waals surface area contributed by atoms with Crippen LogP contribution in [0.1, 0.15) is 5.56 Å². The van der Waals surface area contributed by atoms with Crippen LogP contribution in [0.4, 0.5) is 4.39 Å². The quantitative estimate of drug-likeness (QED) is 0.792. The summed E-state index contributed by atoms with van der Waals surface area (Å²) < 4.78 is 15.6. The van der Waals surface area contributed by atoms with Crippen molar-refractivity contribution in [3.63, 3.8) is 0 Å². The van der Waals surface area contributed by atoms with E-state index >= 15 is 0 Å². The number of nitrogens with two attached hydrogens (primary N) is 1. The van der Waals surface area contributed by atoms with Crippen molar-refractivity contribution in [3.8, 4) is 16.9 Å². The van der Waals surface area contributed by atoms with Gasteiger partial charge in [0.1, 0.15) is 11.5 Å². The van der Waals surface area contributed by atoms with Crippen LogP contribution in [0.5, 0.6) is 0 Å². The predicted molar refractivity (Wildman–Crippen MR) is 76.8 cm³/mol. The van der Waals surface area contributed by atoms with Gasteiger partial charge in [0, 0.05) is 17.7 Å². The van der Waals surface area contributed by atoms with Gasteiger partial charge in [0.25, 0.3) is 0 Å². The summed E-state index contributed by atoms with van der Waals surface area (Å²) in [5.41, 5.74) is 8.88. The Hall–Kier alpha value is -2.46. The van der Waals surface area contributed by atoms with Crippen molar-refractivity contribution in [1.82, 2.24) is 9.78 Å². The Kier molecular flexibility index (Phi) is 3.31. The second kappa shape index (κ2) is 5.27. The molecule has 3 rings (SSSR count). The SMILES string of the molecule is NCc1cnn(-c2ccccc2F)c1-c1ccccc1. The topological polar surface area (TPSA) is 43.8 Å². The van der Waals surface area contributed by atoms with E-state index < -0.39 is 0 Å². The summed E-state index contributed by atoms with van der Waals surface area (Å²) in [6.07, 6.45) is 1.69. The maximum atomic E-state index is 14.0. The molecule has 1 aromatic heterocycles. The highest BCUT2D eigenvalue weighted by Gasteiger charge is 2.15. The Morgan fingerprint density at radius 2 is 1.70 bits per heavy atom. The molecule has 0 unspecified atom stereocenters. The maximum absolute atomic E-state index is 14.0. The molecule has 0 aliphatic rings. The van der Waals surface area contributed by atoms with Gasteiger partial charge in [-0.2, -0.15) is 5.10 Å². The minimum absolute atomic E-state index is 0.309. The lowest BCUT2D eigenvalue weighted by atomic mass is 10.1. The standard InChI is InChI=1S/C16H14FN3/c17-14-8-4-5-9-15(14)20-16(13(10-18)11-19-20)12-6-2-1-3-7-12/h1-9,11H,10,18H2. The second-order valence-corrected chi connectivity index (χ2v) is 4.45. The molecule has 2 N–H and O–H groups in total. The molecule has 0 amide bonds. The Labute approximate surface area is 116 Å². The minimum Gasteiger partial charge on any atom is -0.326 e. The molecule has 0 aliphatic carbocycles. The molecule has 0 saturated carbocycles. The summed E-state index contributed by atoms with van der Waals surface area (Å²) in [4.78, 5) is 0. The summed E-state index contributed by atoms with van der Waals surface area (Å²) in [6.45, 7) is 0.360. The van der Waals surface area contributed by atoms with Crippen molar-refractivity contribution in [2.75, 3.05) is 0 Å². The normalized spacial score (nSPS) is 10.7. The lowest BCUT2D eigenvalue weighted by Crippen LogP contribution is -2.04.